The third kappa shape index (κ3) is 4.54. The standard InChI is InChI=1S/C19H25N5O4/c1-4-28-19(25)24-11-9-23(10-12-24)17-7-8-20-18(22-17)21-15-13-14(26-2)5-6-16(15)27-3/h5-8,13H,4,9-12H2,1-3H3,(H,20,21,22). The maximum absolute atomic E-state index is 11.8. The molecule has 1 aliphatic rings. The van der Waals surface area contributed by atoms with E-state index in [1.807, 2.05) is 24.3 Å². The fraction of sp³-hybridized carbons (Fsp3) is 0.421. The minimum absolute atomic E-state index is 0.266. The molecule has 1 aromatic carbocycles. The van der Waals surface area contributed by atoms with Crippen molar-refractivity contribution >= 4 is 23.5 Å². The van der Waals surface area contributed by atoms with Crippen LogP contribution in [-0.4, -0.2) is 68.0 Å². The van der Waals surface area contributed by atoms with Crippen LogP contribution >= 0.6 is 0 Å². The van der Waals surface area contributed by atoms with Crippen LogP contribution < -0.4 is 19.7 Å². The lowest BCUT2D eigenvalue weighted by atomic mass is 10.2. The number of benzene rings is 1. The topological polar surface area (TPSA) is 89.1 Å². The molecule has 0 aliphatic carbocycles. The van der Waals surface area contributed by atoms with Crippen LogP contribution in [-0.2, 0) is 4.74 Å². The molecule has 1 aliphatic heterocycles. The van der Waals surface area contributed by atoms with Gasteiger partial charge in [0.1, 0.15) is 17.3 Å². The summed E-state index contributed by atoms with van der Waals surface area (Å²) in [5.41, 5.74) is 0.714. The number of amides is 1. The highest BCUT2D eigenvalue weighted by atomic mass is 16.6. The highest BCUT2D eigenvalue weighted by Crippen LogP contribution is 2.31. The number of carbonyl (C=O) groups is 1. The molecule has 1 saturated heterocycles. The molecule has 0 spiro atoms. The number of methoxy groups -OCH3 is 2. The summed E-state index contributed by atoms with van der Waals surface area (Å²) in [5, 5.41) is 3.18. The van der Waals surface area contributed by atoms with Crippen molar-refractivity contribution in [3.63, 3.8) is 0 Å². The van der Waals surface area contributed by atoms with Gasteiger partial charge in [0.05, 0.1) is 26.5 Å². The summed E-state index contributed by atoms with van der Waals surface area (Å²) in [6, 6.07) is 7.32. The summed E-state index contributed by atoms with van der Waals surface area (Å²) in [6.45, 7) is 4.73. The Morgan fingerprint density at radius 1 is 1.14 bits per heavy atom. The number of nitrogens with one attached hydrogen (secondary N) is 1. The van der Waals surface area contributed by atoms with Gasteiger partial charge in [-0.15, -0.1) is 0 Å². The van der Waals surface area contributed by atoms with E-state index in [4.69, 9.17) is 14.2 Å². The Labute approximate surface area is 164 Å². The van der Waals surface area contributed by atoms with Crippen LogP contribution in [0.1, 0.15) is 6.92 Å². The number of anilines is 3. The van der Waals surface area contributed by atoms with Crippen LogP contribution in [0.5, 0.6) is 11.5 Å². The average molecular weight is 387 g/mol. The Balaban J connectivity index is 1.69. The number of piperazine rings is 1. The predicted octanol–water partition coefficient (Wildman–Crippen LogP) is 2.52. The van der Waals surface area contributed by atoms with Crippen molar-refractivity contribution in [1.82, 2.24) is 14.9 Å². The normalized spacial score (nSPS) is 13.8. The number of aromatic nitrogens is 2. The first kappa shape index (κ1) is 19.5. The van der Waals surface area contributed by atoms with Crippen LogP contribution in [0.3, 0.4) is 0 Å². The van der Waals surface area contributed by atoms with Crippen LogP contribution in [0.4, 0.5) is 22.2 Å². The summed E-state index contributed by atoms with van der Waals surface area (Å²) in [7, 11) is 3.21. The van der Waals surface area contributed by atoms with E-state index in [-0.39, 0.29) is 6.09 Å². The molecule has 9 nitrogen and oxygen atoms in total. The predicted molar refractivity (Wildman–Crippen MR) is 106 cm³/mol. The molecular formula is C19H25N5O4. The van der Waals surface area contributed by atoms with E-state index in [0.29, 0.717) is 55.9 Å². The highest BCUT2D eigenvalue weighted by Gasteiger charge is 2.23. The number of hydrogen-bond acceptors (Lipinski definition) is 8. The lowest BCUT2D eigenvalue weighted by Gasteiger charge is -2.34. The fourth-order valence-electron chi connectivity index (χ4n) is 2.95. The molecule has 3 rings (SSSR count). The molecule has 150 valence electrons. The van der Waals surface area contributed by atoms with Gasteiger partial charge >= 0.3 is 6.09 Å². The van der Waals surface area contributed by atoms with Gasteiger partial charge in [-0.2, -0.15) is 4.98 Å². The van der Waals surface area contributed by atoms with Gasteiger partial charge in [-0.3, -0.25) is 0 Å². The molecule has 1 N–H and O–H groups in total. The van der Waals surface area contributed by atoms with E-state index in [1.165, 1.54) is 0 Å². The number of nitrogens with zero attached hydrogens (tertiary/aromatic N) is 4. The van der Waals surface area contributed by atoms with Crippen LogP contribution in [0.15, 0.2) is 30.5 Å². The molecule has 0 unspecified atom stereocenters. The molecule has 1 aromatic heterocycles. The number of ether oxygens (including phenoxy) is 3. The average Bonchev–Trinajstić information content (AvgIpc) is 2.74. The van der Waals surface area contributed by atoms with E-state index in [2.05, 4.69) is 20.2 Å². The minimum atomic E-state index is -0.266. The monoisotopic (exact) mass is 387 g/mol. The van der Waals surface area contributed by atoms with Gasteiger partial charge in [0.15, 0.2) is 0 Å². The van der Waals surface area contributed by atoms with Gasteiger partial charge in [-0.05, 0) is 25.1 Å². The molecule has 2 aromatic rings. The maximum atomic E-state index is 11.8. The summed E-state index contributed by atoms with van der Waals surface area (Å²) >= 11 is 0. The van der Waals surface area contributed by atoms with Gasteiger partial charge in [-0.1, -0.05) is 0 Å². The van der Waals surface area contributed by atoms with E-state index in [1.54, 1.807) is 32.2 Å². The van der Waals surface area contributed by atoms with Crippen molar-refractivity contribution in [3.8, 4) is 11.5 Å². The molecule has 0 bridgehead atoms. The Morgan fingerprint density at radius 2 is 1.93 bits per heavy atom. The van der Waals surface area contributed by atoms with Crippen LogP contribution in [0, 0.1) is 0 Å². The summed E-state index contributed by atoms with van der Waals surface area (Å²) in [4.78, 5) is 24.6. The molecular weight excluding hydrogens is 362 g/mol. The molecule has 0 atom stereocenters. The number of hydrogen-bond donors (Lipinski definition) is 1. The van der Waals surface area contributed by atoms with Gasteiger partial charge < -0.3 is 29.3 Å². The maximum Gasteiger partial charge on any atom is 0.409 e. The summed E-state index contributed by atoms with van der Waals surface area (Å²) in [6.07, 6.45) is 1.44. The van der Waals surface area contributed by atoms with E-state index < -0.39 is 0 Å². The Morgan fingerprint density at radius 3 is 2.61 bits per heavy atom. The van der Waals surface area contributed by atoms with Crippen molar-refractivity contribution in [2.45, 2.75) is 6.92 Å². The molecule has 1 fully saturated rings. The Hall–Kier alpha value is -3.23. The molecule has 1 amide bonds. The fourth-order valence-corrected chi connectivity index (χ4v) is 2.95. The zero-order valence-electron chi connectivity index (χ0n) is 16.3. The number of carbonyl (C=O) groups excluding carboxylic acids is 1. The molecule has 28 heavy (non-hydrogen) atoms. The second kappa shape index (κ2) is 9.12. The third-order valence-corrected chi connectivity index (χ3v) is 4.42. The molecule has 2 heterocycles. The lowest BCUT2D eigenvalue weighted by Crippen LogP contribution is -2.49. The van der Waals surface area contributed by atoms with E-state index in [0.717, 1.165) is 5.82 Å². The lowest BCUT2D eigenvalue weighted by molar-refractivity contribution is 0.105. The van der Waals surface area contributed by atoms with E-state index >= 15 is 0 Å². The smallest absolute Gasteiger partial charge is 0.409 e. The van der Waals surface area contributed by atoms with Gasteiger partial charge in [0.25, 0.3) is 0 Å². The third-order valence-electron chi connectivity index (χ3n) is 4.42. The first-order chi connectivity index (χ1) is 13.6. The molecule has 9 heteroatoms. The Kier molecular flexibility index (Phi) is 6.36. The first-order valence-electron chi connectivity index (χ1n) is 9.13. The van der Waals surface area contributed by atoms with Gasteiger partial charge in [0.2, 0.25) is 5.95 Å². The Bertz CT molecular complexity index is 809. The minimum Gasteiger partial charge on any atom is -0.497 e. The van der Waals surface area contributed by atoms with Crippen molar-refractivity contribution in [1.29, 1.82) is 0 Å². The summed E-state index contributed by atoms with van der Waals surface area (Å²) in [5.74, 6) is 2.62. The SMILES string of the molecule is CCOC(=O)N1CCN(c2ccnc(Nc3cc(OC)ccc3OC)n2)CC1. The second-order valence-corrected chi connectivity index (χ2v) is 6.10. The highest BCUT2D eigenvalue weighted by molar-refractivity contribution is 5.68. The van der Waals surface area contributed by atoms with Crippen molar-refractivity contribution in [2.24, 2.45) is 0 Å². The van der Waals surface area contributed by atoms with Crippen LogP contribution in [0.25, 0.3) is 0 Å². The summed E-state index contributed by atoms with van der Waals surface area (Å²) < 4.78 is 15.7. The van der Waals surface area contributed by atoms with Crippen molar-refractivity contribution < 1.29 is 19.0 Å². The quantitative estimate of drug-likeness (QED) is 0.809. The molecule has 0 radical (unpaired) electrons. The van der Waals surface area contributed by atoms with E-state index in [9.17, 15) is 4.79 Å². The second-order valence-electron chi connectivity index (χ2n) is 6.10. The largest absolute Gasteiger partial charge is 0.497 e. The van der Waals surface area contributed by atoms with Gasteiger partial charge in [0, 0.05) is 38.4 Å². The first-order valence-corrected chi connectivity index (χ1v) is 9.13. The number of rotatable bonds is 6. The zero-order valence-corrected chi connectivity index (χ0v) is 16.3. The van der Waals surface area contributed by atoms with Gasteiger partial charge in [-0.25, -0.2) is 9.78 Å². The van der Waals surface area contributed by atoms with Crippen molar-refractivity contribution in [2.75, 3.05) is 57.2 Å². The van der Waals surface area contributed by atoms with Crippen LogP contribution in [0.2, 0.25) is 0 Å². The molecule has 0 saturated carbocycles. The van der Waals surface area contributed by atoms with Crippen molar-refractivity contribution in [3.05, 3.63) is 30.5 Å². The zero-order chi connectivity index (χ0) is 19.9.